The van der Waals surface area contributed by atoms with E-state index >= 15 is 0 Å². The quantitative estimate of drug-likeness (QED) is 0.681. The molecule has 0 fully saturated rings. The fourth-order valence-corrected chi connectivity index (χ4v) is 2.86. The first kappa shape index (κ1) is 19.1. The van der Waals surface area contributed by atoms with Crippen LogP contribution >= 0.6 is 27.5 Å². The van der Waals surface area contributed by atoms with Crippen LogP contribution in [0.1, 0.15) is 18.1 Å². The van der Waals surface area contributed by atoms with E-state index in [0.717, 1.165) is 15.6 Å². The van der Waals surface area contributed by atoms with Crippen LogP contribution in [0.4, 0.5) is 0 Å². The van der Waals surface area contributed by atoms with Crippen LogP contribution in [0.5, 0.6) is 11.5 Å². The number of benzene rings is 2. The fraction of sp³-hybridized carbons (Fsp3) is 0.333. The van der Waals surface area contributed by atoms with Gasteiger partial charge in [0.1, 0.15) is 6.61 Å². The van der Waals surface area contributed by atoms with Crippen LogP contribution < -0.4 is 14.8 Å². The van der Waals surface area contributed by atoms with Crippen LogP contribution in [0.25, 0.3) is 0 Å². The molecule has 0 aliphatic heterocycles. The van der Waals surface area contributed by atoms with Crippen LogP contribution in [-0.2, 0) is 13.2 Å². The second kappa shape index (κ2) is 9.28. The van der Waals surface area contributed by atoms with Crippen molar-refractivity contribution in [3.63, 3.8) is 0 Å². The average Bonchev–Trinajstić information content (AvgIpc) is 2.54. The zero-order valence-corrected chi connectivity index (χ0v) is 16.0. The Morgan fingerprint density at radius 1 is 1.25 bits per heavy atom. The highest BCUT2D eigenvalue weighted by molar-refractivity contribution is 9.10. The summed E-state index contributed by atoms with van der Waals surface area (Å²) in [5.74, 6) is 1.32. The van der Waals surface area contributed by atoms with Gasteiger partial charge in [-0.1, -0.05) is 39.7 Å². The molecule has 0 bridgehead atoms. The summed E-state index contributed by atoms with van der Waals surface area (Å²) >= 11 is 9.55. The van der Waals surface area contributed by atoms with Crippen molar-refractivity contribution in [3.8, 4) is 11.5 Å². The van der Waals surface area contributed by atoms with Crippen LogP contribution in [0.3, 0.4) is 0 Å². The maximum absolute atomic E-state index is 9.31. The molecule has 2 rings (SSSR count). The zero-order valence-electron chi connectivity index (χ0n) is 13.7. The molecule has 2 aromatic rings. The van der Waals surface area contributed by atoms with E-state index in [1.165, 1.54) is 0 Å². The van der Waals surface area contributed by atoms with Crippen molar-refractivity contribution in [3.05, 3.63) is 57.0 Å². The number of hydrogen-bond donors (Lipinski definition) is 2. The second-order valence-corrected chi connectivity index (χ2v) is 6.78. The lowest BCUT2D eigenvalue weighted by Gasteiger charge is -2.15. The molecule has 2 aromatic carbocycles. The molecule has 1 atom stereocenters. The molecule has 0 saturated carbocycles. The molecule has 4 nitrogen and oxygen atoms in total. The average molecular weight is 415 g/mol. The first-order valence-electron chi connectivity index (χ1n) is 7.62. The molecule has 0 aliphatic rings. The molecule has 24 heavy (non-hydrogen) atoms. The lowest BCUT2D eigenvalue weighted by molar-refractivity contribution is 0.191. The monoisotopic (exact) mass is 413 g/mol. The number of aliphatic hydroxyl groups is 1. The number of halogens is 2. The topological polar surface area (TPSA) is 50.7 Å². The maximum atomic E-state index is 9.31. The Hall–Kier alpha value is -1.27. The molecule has 0 radical (unpaired) electrons. The minimum Gasteiger partial charge on any atom is -0.493 e. The largest absolute Gasteiger partial charge is 0.493 e. The van der Waals surface area contributed by atoms with E-state index in [1.54, 1.807) is 14.0 Å². The van der Waals surface area contributed by atoms with Crippen LogP contribution in [-0.4, -0.2) is 24.9 Å². The highest BCUT2D eigenvalue weighted by atomic mass is 79.9. The second-order valence-electron chi connectivity index (χ2n) is 5.49. The van der Waals surface area contributed by atoms with E-state index in [1.807, 2.05) is 36.4 Å². The summed E-state index contributed by atoms with van der Waals surface area (Å²) in [4.78, 5) is 0. The predicted molar refractivity (Wildman–Crippen MR) is 99.9 cm³/mol. The molecule has 2 N–H and O–H groups in total. The van der Waals surface area contributed by atoms with Gasteiger partial charge in [-0.2, -0.15) is 0 Å². The molecule has 0 amide bonds. The van der Waals surface area contributed by atoms with Gasteiger partial charge in [0.2, 0.25) is 0 Å². The first-order chi connectivity index (χ1) is 11.5. The number of methoxy groups -OCH3 is 1. The highest BCUT2D eigenvalue weighted by Crippen LogP contribution is 2.34. The van der Waals surface area contributed by atoms with Crippen molar-refractivity contribution >= 4 is 27.5 Å². The Morgan fingerprint density at radius 3 is 2.71 bits per heavy atom. The highest BCUT2D eigenvalue weighted by Gasteiger charge is 2.11. The molecule has 0 saturated heterocycles. The number of aliphatic hydroxyl groups excluding tert-OH is 1. The lowest BCUT2D eigenvalue weighted by Crippen LogP contribution is -2.24. The molecule has 0 aliphatic carbocycles. The summed E-state index contributed by atoms with van der Waals surface area (Å²) in [5, 5.41) is 13.2. The van der Waals surface area contributed by atoms with E-state index in [4.69, 9.17) is 21.1 Å². The van der Waals surface area contributed by atoms with Gasteiger partial charge in [-0.05, 0) is 42.3 Å². The van der Waals surface area contributed by atoms with Gasteiger partial charge < -0.3 is 19.9 Å². The lowest BCUT2D eigenvalue weighted by atomic mass is 10.2. The summed E-state index contributed by atoms with van der Waals surface area (Å²) in [7, 11) is 1.61. The smallest absolute Gasteiger partial charge is 0.162 e. The Kier molecular flexibility index (Phi) is 7.37. The Labute approximate surface area is 155 Å². The number of ether oxygens (including phenoxy) is 2. The Balaban J connectivity index is 2.08. The van der Waals surface area contributed by atoms with E-state index in [2.05, 4.69) is 21.2 Å². The van der Waals surface area contributed by atoms with Crippen LogP contribution in [0.2, 0.25) is 5.02 Å². The third kappa shape index (κ3) is 5.67. The van der Waals surface area contributed by atoms with E-state index in [9.17, 15) is 5.11 Å². The standard InChI is InChI=1S/C18H21BrClNO3/c1-12(22)9-21-10-14-7-17(23-2)18(8-16(14)19)24-11-13-4-3-5-15(20)6-13/h3-8,12,21-22H,9-11H2,1-2H3. The molecular weight excluding hydrogens is 394 g/mol. The normalized spacial score (nSPS) is 12.0. The molecule has 6 heteroatoms. The van der Waals surface area contributed by atoms with Crippen LogP contribution in [0, 0.1) is 0 Å². The van der Waals surface area contributed by atoms with Gasteiger partial charge >= 0.3 is 0 Å². The third-order valence-electron chi connectivity index (χ3n) is 3.37. The van der Waals surface area contributed by atoms with Crippen molar-refractivity contribution in [1.29, 1.82) is 0 Å². The third-order valence-corrected chi connectivity index (χ3v) is 4.34. The minimum atomic E-state index is -0.383. The summed E-state index contributed by atoms with van der Waals surface area (Å²) in [6, 6.07) is 11.4. The number of rotatable bonds is 8. The van der Waals surface area contributed by atoms with E-state index in [-0.39, 0.29) is 6.10 Å². The van der Waals surface area contributed by atoms with Gasteiger partial charge in [-0.25, -0.2) is 0 Å². The van der Waals surface area contributed by atoms with Crippen molar-refractivity contribution in [2.24, 2.45) is 0 Å². The van der Waals surface area contributed by atoms with Gasteiger partial charge in [0.15, 0.2) is 11.5 Å². The minimum absolute atomic E-state index is 0.383. The van der Waals surface area contributed by atoms with E-state index in [0.29, 0.717) is 36.2 Å². The van der Waals surface area contributed by atoms with Gasteiger partial charge in [0.25, 0.3) is 0 Å². The van der Waals surface area contributed by atoms with Crippen molar-refractivity contribution in [2.45, 2.75) is 26.2 Å². The summed E-state index contributed by atoms with van der Waals surface area (Å²) in [5.41, 5.74) is 2.02. The maximum Gasteiger partial charge on any atom is 0.162 e. The summed E-state index contributed by atoms with van der Waals surface area (Å²) in [6.45, 7) is 3.30. The summed E-state index contributed by atoms with van der Waals surface area (Å²) < 4.78 is 12.2. The molecule has 0 heterocycles. The van der Waals surface area contributed by atoms with Gasteiger partial charge in [0, 0.05) is 22.6 Å². The molecule has 1 unspecified atom stereocenters. The van der Waals surface area contributed by atoms with Gasteiger partial charge in [-0.15, -0.1) is 0 Å². The van der Waals surface area contributed by atoms with Crippen molar-refractivity contribution in [1.82, 2.24) is 5.32 Å². The number of nitrogens with one attached hydrogen (secondary N) is 1. The van der Waals surface area contributed by atoms with Gasteiger partial charge in [0.05, 0.1) is 13.2 Å². The van der Waals surface area contributed by atoms with Crippen LogP contribution in [0.15, 0.2) is 40.9 Å². The Morgan fingerprint density at radius 2 is 2.04 bits per heavy atom. The zero-order chi connectivity index (χ0) is 17.5. The predicted octanol–water partition coefficient (Wildman–Crippen LogP) is 4.16. The SMILES string of the molecule is COc1cc(CNCC(C)O)c(Br)cc1OCc1cccc(Cl)c1. The number of hydrogen-bond acceptors (Lipinski definition) is 4. The molecular formula is C18H21BrClNO3. The fourth-order valence-electron chi connectivity index (χ4n) is 2.19. The van der Waals surface area contributed by atoms with E-state index < -0.39 is 0 Å². The molecule has 130 valence electrons. The molecule has 0 aromatic heterocycles. The first-order valence-corrected chi connectivity index (χ1v) is 8.79. The molecule has 0 spiro atoms. The summed E-state index contributed by atoms with van der Waals surface area (Å²) in [6.07, 6.45) is -0.383. The van der Waals surface area contributed by atoms with Gasteiger partial charge in [-0.3, -0.25) is 0 Å². The Bertz CT molecular complexity index is 679. The van der Waals surface area contributed by atoms with Crippen molar-refractivity contribution in [2.75, 3.05) is 13.7 Å². The van der Waals surface area contributed by atoms with Crippen molar-refractivity contribution < 1.29 is 14.6 Å².